The van der Waals surface area contributed by atoms with Crippen molar-refractivity contribution in [3.05, 3.63) is 311 Å². The highest BCUT2D eigenvalue weighted by atomic mass is 16.5. The predicted octanol–water partition coefficient (Wildman–Crippen LogP) is 19.1. The van der Waals surface area contributed by atoms with E-state index in [2.05, 4.69) is 267 Å². The first-order chi connectivity index (χ1) is 37.7. The molecule has 2 aliphatic carbocycles. The van der Waals surface area contributed by atoms with E-state index < -0.39 is 10.8 Å². The number of ether oxygens (including phenoxy) is 2. The van der Waals surface area contributed by atoms with E-state index >= 15 is 0 Å². The number of benzene rings is 13. The van der Waals surface area contributed by atoms with Gasteiger partial charge in [0.15, 0.2) is 0 Å². The minimum Gasteiger partial charge on any atom is -0.456 e. The van der Waals surface area contributed by atoms with Crippen molar-refractivity contribution in [2.75, 3.05) is 0 Å². The molecule has 0 N–H and O–H groups in total. The van der Waals surface area contributed by atoms with E-state index in [4.69, 9.17) is 9.47 Å². The smallest absolute Gasteiger partial charge is 0.140 e. The average Bonchev–Trinajstić information content (AvgIpc) is 4.09. The molecule has 0 amide bonds. The van der Waals surface area contributed by atoms with Gasteiger partial charge in [-0.3, -0.25) is 0 Å². The molecule has 0 radical (unpaired) electrons. The molecule has 0 aromatic heterocycles. The van der Waals surface area contributed by atoms with Crippen molar-refractivity contribution in [3.8, 4) is 78.6 Å². The zero-order chi connectivity index (χ0) is 49.7. The van der Waals surface area contributed by atoms with Crippen LogP contribution in [-0.4, -0.2) is 0 Å². The molecule has 0 saturated carbocycles. The second-order valence-electron chi connectivity index (χ2n) is 20.9. The molecule has 4 aliphatic rings. The van der Waals surface area contributed by atoms with Crippen LogP contribution in [-0.2, 0) is 10.8 Å². The van der Waals surface area contributed by atoms with Crippen LogP contribution in [0.25, 0.3) is 88.0 Å². The Bertz CT molecular complexity index is 4330. The van der Waals surface area contributed by atoms with Crippen LogP contribution in [0.2, 0.25) is 0 Å². The first kappa shape index (κ1) is 41.7. The number of hydrogen-bond donors (Lipinski definition) is 0. The molecule has 352 valence electrons. The van der Waals surface area contributed by atoms with Crippen molar-refractivity contribution in [1.29, 1.82) is 0 Å². The van der Waals surface area contributed by atoms with E-state index in [0.29, 0.717) is 0 Å². The Morgan fingerprint density at radius 3 is 1.05 bits per heavy atom. The van der Waals surface area contributed by atoms with Gasteiger partial charge in [-0.15, -0.1) is 0 Å². The number of hydrogen-bond acceptors (Lipinski definition) is 2. The Hall–Kier alpha value is -9.76. The Morgan fingerprint density at radius 2 is 0.579 bits per heavy atom. The van der Waals surface area contributed by atoms with Gasteiger partial charge in [-0.1, -0.05) is 243 Å². The van der Waals surface area contributed by atoms with Crippen LogP contribution in [0.4, 0.5) is 0 Å². The van der Waals surface area contributed by atoms with Crippen LogP contribution in [0, 0.1) is 0 Å². The maximum absolute atomic E-state index is 7.34. The van der Waals surface area contributed by atoms with E-state index in [1.54, 1.807) is 0 Å². The van der Waals surface area contributed by atoms with Gasteiger partial charge in [0.2, 0.25) is 0 Å². The Morgan fingerprint density at radius 1 is 0.224 bits per heavy atom. The van der Waals surface area contributed by atoms with Crippen LogP contribution in [0.15, 0.2) is 267 Å². The lowest BCUT2D eigenvalue weighted by Crippen LogP contribution is -2.32. The highest BCUT2D eigenvalue weighted by molar-refractivity contribution is 6.20. The molecular weight excluding hydrogens is 921 g/mol. The molecule has 2 spiro atoms. The van der Waals surface area contributed by atoms with Gasteiger partial charge in [-0.2, -0.15) is 0 Å². The molecule has 2 heteroatoms. The Labute approximate surface area is 440 Å². The molecular formula is C74H44O2. The molecule has 0 unspecified atom stereocenters. The van der Waals surface area contributed by atoms with Gasteiger partial charge in [0.05, 0.1) is 10.8 Å². The lowest BCUT2D eigenvalue weighted by Gasteiger charge is -2.40. The zero-order valence-corrected chi connectivity index (χ0v) is 41.2. The fourth-order valence-corrected chi connectivity index (χ4v) is 14.5. The zero-order valence-electron chi connectivity index (χ0n) is 41.2. The molecule has 2 aliphatic heterocycles. The highest BCUT2D eigenvalue weighted by Crippen LogP contribution is 2.65. The third kappa shape index (κ3) is 5.30. The van der Waals surface area contributed by atoms with Gasteiger partial charge in [0.1, 0.15) is 23.0 Å². The van der Waals surface area contributed by atoms with Gasteiger partial charge in [0.25, 0.3) is 0 Å². The standard InChI is InChI=1S/C74H44O2/c1-2-20-46-43-47(42-41-45(46)19-1)70-54-27-15-25-48(56-29-17-37-66-71(56)75-68-39-13-11-35-64(68)73(66)60-31-7-3-21-50(60)51-22-4-8-32-61(51)73)58(54)44-59-49(26-16-28-55(59)70)57-30-18-38-67-72(57)76-69-40-14-12-36-65(69)74(67)62-33-9-5-23-52(62)53-24-6-10-34-63(53)74/h1-44H. The predicted molar refractivity (Wildman–Crippen MR) is 310 cm³/mol. The summed E-state index contributed by atoms with van der Waals surface area (Å²) in [6, 6.07) is 98.6. The quantitative estimate of drug-likeness (QED) is 0.164. The monoisotopic (exact) mass is 964 g/mol. The SMILES string of the molecule is c1ccc2c(c1)Oc1c(-c3cccc4c(-c5ccc6ccccc6c5)c5cccc(-c6cccc7c6Oc6ccccc6C76c7ccccc7-c7ccccc76)c5cc34)cccc1C21c2ccccc2-c2ccccc21. The number of rotatable bonds is 3. The maximum Gasteiger partial charge on any atom is 0.140 e. The summed E-state index contributed by atoms with van der Waals surface area (Å²) in [6.07, 6.45) is 0. The van der Waals surface area contributed by atoms with Gasteiger partial charge in [0, 0.05) is 33.4 Å². The van der Waals surface area contributed by atoms with E-state index in [1.165, 1.54) is 77.2 Å². The van der Waals surface area contributed by atoms with E-state index in [0.717, 1.165) is 78.3 Å². The van der Waals surface area contributed by atoms with Crippen molar-refractivity contribution in [2.24, 2.45) is 0 Å². The van der Waals surface area contributed by atoms with Crippen LogP contribution in [0.3, 0.4) is 0 Å². The van der Waals surface area contributed by atoms with Crippen LogP contribution in [0.5, 0.6) is 23.0 Å². The summed E-state index contributed by atoms with van der Waals surface area (Å²) >= 11 is 0. The summed E-state index contributed by atoms with van der Waals surface area (Å²) in [6.45, 7) is 0. The second kappa shape index (κ2) is 15.4. The second-order valence-corrected chi connectivity index (χ2v) is 20.9. The fraction of sp³-hybridized carbons (Fsp3) is 0.0270. The third-order valence-electron chi connectivity index (χ3n) is 17.4. The molecule has 2 heterocycles. The number of fused-ring (bicyclic) bond motifs is 21. The molecule has 17 rings (SSSR count). The molecule has 2 nitrogen and oxygen atoms in total. The van der Waals surface area contributed by atoms with Crippen molar-refractivity contribution in [2.45, 2.75) is 10.8 Å². The summed E-state index contributed by atoms with van der Waals surface area (Å²) in [5.41, 5.74) is 20.3. The largest absolute Gasteiger partial charge is 0.456 e. The Kier molecular flexibility index (Phi) is 8.44. The van der Waals surface area contributed by atoms with Crippen molar-refractivity contribution < 1.29 is 9.47 Å². The minimum atomic E-state index is -0.587. The van der Waals surface area contributed by atoms with Crippen LogP contribution < -0.4 is 9.47 Å². The van der Waals surface area contributed by atoms with E-state index in [1.807, 2.05) is 0 Å². The Balaban J connectivity index is 0.962. The summed E-state index contributed by atoms with van der Waals surface area (Å²) in [4.78, 5) is 0. The molecule has 0 saturated heterocycles. The number of para-hydroxylation sites is 4. The van der Waals surface area contributed by atoms with Crippen LogP contribution >= 0.6 is 0 Å². The van der Waals surface area contributed by atoms with E-state index in [9.17, 15) is 0 Å². The summed E-state index contributed by atoms with van der Waals surface area (Å²) < 4.78 is 14.7. The van der Waals surface area contributed by atoms with Gasteiger partial charge >= 0.3 is 0 Å². The third-order valence-corrected chi connectivity index (χ3v) is 17.4. The molecule has 0 atom stereocenters. The summed E-state index contributed by atoms with van der Waals surface area (Å²) in [5, 5.41) is 7.07. The molecule has 0 bridgehead atoms. The maximum atomic E-state index is 7.34. The minimum absolute atomic E-state index is 0.587. The van der Waals surface area contributed by atoms with Gasteiger partial charge in [-0.05, 0) is 123 Å². The topological polar surface area (TPSA) is 18.5 Å². The highest BCUT2D eigenvalue weighted by Gasteiger charge is 2.53. The average molecular weight is 965 g/mol. The lowest BCUT2D eigenvalue weighted by molar-refractivity contribution is 0.438. The lowest BCUT2D eigenvalue weighted by atomic mass is 9.65. The fourth-order valence-electron chi connectivity index (χ4n) is 14.5. The molecule has 76 heavy (non-hydrogen) atoms. The summed E-state index contributed by atoms with van der Waals surface area (Å²) in [5.74, 6) is 3.51. The van der Waals surface area contributed by atoms with Crippen molar-refractivity contribution in [3.63, 3.8) is 0 Å². The first-order valence-corrected chi connectivity index (χ1v) is 26.4. The van der Waals surface area contributed by atoms with Gasteiger partial charge < -0.3 is 9.47 Å². The first-order valence-electron chi connectivity index (χ1n) is 26.4. The molecule has 13 aromatic carbocycles. The molecule has 0 fully saturated rings. The van der Waals surface area contributed by atoms with Gasteiger partial charge in [-0.25, -0.2) is 0 Å². The van der Waals surface area contributed by atoms with Crippen LogP contribution in [0.1, 0.15) is 44.5 Å². The normalized spacial score (nSPS) is 14.2. The summed E-state index contributed by atoms with van der Waals surface area (Å²) in [7, 11) is 0. The molecule has 13 aromatic rings. The van der Waals surface area contributed by atoms with Crippen molar-refractivity contribution in [1.82, 2.24) is 0 Å². The van der Waals surface area contributed by atoms with Crippen molar-refractivity contribution >= 4 is 32.3 Å². The van der Waals surface area contributed by atoms with E-state index in [-0.39, 0.29) is 0 Å².